The molecule has 7 heteroatoms. The van der Waals surface area contributed by atoms with Gasteiger partial charge in [-0.3, -0.25) is 9.59 Å². The highest BCUT2D eigenvalue weighted by Crippen LogP contribution is 2.31. The first kappa shape index (κ1) is 12.9. The van der Waals surface area contributed by atoms with Gasteiger partial charge in [0.15, 0.2) is 11.6 Å². The molecule has 0 spiro atoms. The lowest BCUT2D eigenvalue weighted by molar-refractivity contribution is -0.114. The van der Waals surface area contributed by atoms with Crippen molar-refractivity contribution in [1.82, 2.24) is 0 Å². The number of halogens is 3. The van der Waals surface area contributed by atoms with Crippen molar-refractivity contribution in [1.29, 1.82) is 0 Å². The van der Waals surface area contributed by atoms with Crippen LogP contribution in [0, 0.1) is 11.6 Å². The average molecular weight is 276 g/mol. The van der Waals surface area contributed by atoms with Gasteiger partial charge in [0.05, 0.1) is 29.8 Å². The van der Waals surface area contributed by atoms with Crippen LogP contribution in [-0.2, 0) is 4.79 Å². The summed E-state index contributed by atoms with van der Waals surface area (Å²) in [6.45, 7) is -0.244. The summed E-state index contributed by atoms with van der Waals surface area (Å²) in [6, 6.07) is 1.44. The lowest BCUT2D eigenvalue weighted by Crippen LogP contribution is -2.37. The normalized spacial score (nSPS) is 16.1. The molecule has 1 N–H and O–H groups in total. The predicted octanol–water partition coefficient (Wildman–Crippen LogP) is 1.09. The van der Waals surface area contributed by atoms with E-state index in [2.05, 4.69) is 0 Å². The molecule has 0 aliphatic carbocycles. The van der Waals surface area contributed by atoms with E-state index < -0.39 is 29.4 Å². The number of nitrogens with zero attached hydrogens (tertiary/aromatic N) is 1. The molecule has 0 aromatic heterocycles. The second-order valence-electron chi connectivity index (χ2n) is 3.84. The van der Waals surface area contributed by atoms with Crippen LogP contribution in [0.25, 0.3) is 0 Å². The fourth-order valence-electron chi connectivity index (χ4n) is 1.73. The van der Waals surface area contributed by atoms with Crippen LogP contribution in [0.5, 0.6) is 0 Å². The van der Waals surface area contributed by atoms with Crippen molar-refractivity contribution in [3.05, 3.63) is 29.3 Å². The number of ketones is 1. The smallest absolute Gasteiger partial charge is 0.299 e. The molecule has 1 amide bonds. The molecule has 1 aromatic carbocycles. The average Bonchev–Trinajstić information content (AvgIpc) is 2.56. The van der Waals surface area contributed by atoms with Gasteiger partial charge in [0.2, 0.25) is 0 Å². The van der Waals surface area contributed by atoms with E-state index in [0.717, 1.165) is 11.0 Å². The summed E-state index contributed by atoms with van der Waals surface area (Å²) in [4.78, 5) is 24.1. The van der Waals surface area contributed by atoms with E-state index in [1.54, 1.807) is 0 Å². The minimum absolute atomic E-state index is 0.0481. The molecule has 1 atom stereocenters. The highest BCUT2D eigenvalue weighted by Gasteiger charge is 2.37. The quantitative estimate of drug-likeness (QED) is 0.664. The van der Waals surface area contributed by atoms with Crippen molar-refractivity contribution in [2.24, 2.45) is 0 Å². The molecule has 1 aliphatic heterocycles. The number of aliphatic hydroxyl groups excluding tert-OH is 1. The van der Waals surface area contributed by atoms with E-state index in [4.69, 9.17) is 11.6 Å². The molecule has 0 bridgehead atoms. The molecule has 0 saturated heterocycles. The van der Waals surface area contributed by atoms with Gasteiger partial charge in [-0.05, 0) is 6.07 Å². The third-order valence-electron chi connectivity index (χ3n) is 2.58. The molecule has 0 fully saturated rings. The minimum Gasteiger partial charge on any atom is -0.390 e. The maximum absolute atomic E-state index is 13.1. The van der Waals surface area contributed by atoms with Gasteiger partial charge >= 0.3 is 0 Å². The van der Waals surface area contributed by atoms with E-state index in [1.165, 1.54) is 0 Å². The second-order valence-corrected chi connectivity index (χ2v) is 4.15. The number of anilines is 1. The summed E-state index contributed by atoms with van der Waals surface area (Å²) < 4.78 is 26.1. The number of carbonyl (C=O) groups excluding carboxylic acids is 2. The molecule has 2 rings (SSSR count). The monoisotopic (exact) mass is 275 g/mol. The van der Waals surface area contributed by atoms with E-state index in [1.807, 2.05) is 0 Å². The first-order valence-corrected chi connectivity index (χ1v) is 5.58. The Kier molecular flexibility index (Phi) is 3.32. The van der Waals surface area contributed by atoms with Crippen molar-refractivity contribution >= 4 is 29.0 Å². The zero-order valence-corrected chi connectivity index (χ0v) is 9.75. The molecule has 1 unspecified atom stereocenters. The number of alkyl halides is 1. The topological polar surface area (TPSA) is 57.6 Å². The van der Waals surface area contributed by atoms with Gasteiger partial charge in [0, 0.05) is 6.07 Å². The summed E-state index contributed by atoms with van der Waals surface area (Å²) in [6.07, 6.45) is -1.05. The number of amides is 1. The van der Waals surface area contributed by atoms with Crippen LogP contribution < -0.4 is 4.90 Å². The largest absolute Gasteiger partial charge is 0.390 e. The molecule has 1 aliphatic rings. The fraction of sp³-hybridized carbons (Fsp3) is 0.273. The van der Waals surface area contributed by atoms with E-state index in [9.17, 15) is 23.5 Å². The van der Waals surface area contributed by atoms with Crippen molar-refractivity contribution in [3.8, 4) is 0 Å². The zero-order chi connectivity index (χ0) is 13.4. The molecule has 18 heavy (non-hydrogen) atoms. The van der Waals surface area contributed by atoms with Crippen LogP contribution in [-0.4, -0.2) is 35.3 Å². The molecule has 0 radical (unpaired) electrons. The lowest BCUT2D eigenvalue weighted by atomic mass is 10.1. The Morgan fingerprint density at radius 2 is 1.89 bits per heavy atom. The first-order chi connectivity index (χ1) is 8.45. The number of aliphatic hydroxyl groups is 1. The van der Waals surface area contributed by atoms with Gasteiger partial charge in [-0.2, -0.15) is 0 Å². The Bertz CT molecular complexity index is 535. The number of benzene rings is 1. The van der Waals surface area contributed by atoms with E-state index >= 15 is 0 Å². The predicted molar refractivity (Wildman–Crippen MR) is 59.8 cm³/mol. The van der Waals surface area contributed by atoms with Gasteiger partial charge in [-0.1, -0.05) is 0 Å². The van der Waals surface area contributed by atoms with Crippen molar-refractivity contribution in [3.63, 3.8) is 0 Å². The maximum atomic E-state index is 13.1. The SMILES string of the molecule is O=C1C(=O)N(CC(O)CCl)c2cc(F)c(F)cc21. The highest BCUT2D eigenvalue weighted by atomic mass is 35.5. The van der Waals surface area contributed by atoms with Crippen LogP contribution in [0.4, 0.5) is 14.5 Å². The summed E-state index contributed by atoms with van der Waals surface area (Å²) in [7, 11) is 0. The number of fused-ring (bicyclic) bond motifs is 1. The van der Waals surface area contributed by atoms with Crippen LogP contribution in [0.15, 0.2) is 12.1 Å². The Morgan fingerprint density at radius 1 is 1.28 bits per heavy atom. The third kappa shape index (κ3) is 1.97. The number of rotatable bonds is 3. The van der Waals surface area contributed by atoms with Crippen molar-refractivity contribution < 1.29 is 23.5 Å². The van der Waals surface area contributed by atoms with Crippen molar-refractivity contribution in [2.45, 2.75) is 6.10 Å². The number of carbonyl (C=O) groups is 2. The number of β-amino-alcohol motifs (C(OH)–C–C–N with tert-alkyl or cyclic N) is 1. The molecule has 4 nitrogen and oxygen atoms in total. The van der Waals surface area contributed by atoms with Gasteiger partial charge in [0.1, 0.15) is 0 Å². The standard InChI is InChI=1S/C11H8ClF2NO3/c12-3-5(16)4-15-9-2-8(14)7(13)1-6(9)10(17)11(15)18/h1-2,5,16H,3-4H2. The fourth-order valence-corrected chi connectivity index (χ4v) is 1.83. The molecule has 1 heterocycles. The third-order valence-corrected chi connectivity index (χ3v) is 2.94. The Morgan fingerprint density at radius 3 is 2.50 bits per heavy atom. The Labute approximate surface area is 106 Å². The number of hydrogen-bond donors (Lipinski definition) is 1. The van der Waals surface area contributed by atoms with Crippen LogP contribution in [0.1, 0.15) is 10.4 Å². The summed E-state index contributed by atoms with van der Waals surface area (Å²) in [5.74, 6) is -4.36. The van der Waals surface area contributed by atoms with Gasteiger partial charge in [-0.25, -0.2) is 8.78 Å². The second kappa shape index (κ2) is 4.62. The summed E-state index contributed by atoms with van der Waals surface area (Å²) in [5, 5.41) is 9.37. The van der Waals surface area contributed by atoms with Gasteiger partial charge < -0.3 is 10.0 Å². The van der Waals surface area contributed by atoms with Crippen LogP contribution in [0.3, 0.4) is 0 Å². The van der Waals surface area contributed by atoms with Crippen molar-refractivity contribution in [2.75, 3.05) is 17.3 Å². The van der Waals surface area contributed by atoms with Gasteiger partial charge in [-0.15, -0.1) is 11.6 Å². The number of Topliss-reactive ketones (excluding diaryl/α,β-unsaturated/α-hetero) is 1. The number of hydrogen-bond acceptors (Lipinski definition) is 3. The van der Waals surface area contributed by atoms with E-state index in [0.29, 0.717) is 6.07 Å². The molecule has 0 saturated carbocycles. The Hall–Kier alpha value is -1.53. The highest BCUT2D eigenvalue weighted by molar-refractivity contribution is 6.52. The summed E-state index contributed by atoms with van der Waals surface area (Å²) >= 11 is 5.39. The minimum atomic E-state index is -1.20. The Balaban J connectivity index is 2.45. The molecular weight excluding hydrogens is 268 g/mol. The maximum Gasteiger partial charge on any atom is 0.299 e. The lowest BCUT2D eigenvalue weighted by Gasteiger charge is -2.19. The molecule has 96 valence electrons. The van der Waals surface area contributed by atoms with Gasteiger partial charge in [0.25, 0.3) is 11.7 Å². The molecule has 1 aromatic rings. The summed E-state index contributed by atoms with van der Waals surface area (Å²) in [5.41, 5.74) is -0.256. The van der Waals surface area contributed by atoms with Crippen LogP contribution >= 0.6 is 11.6 Å². The molecular formula is C11H8ClF2NO3. The first-order valence-electron chi connectivity index (χ1n) is 5.05. The zero-order valence-electron chi connectivity index (χ0n) is 8.99. The van der Waals surface area contributed by atoms with Crippen LogP contribution in [0.2, 0.25) is 0 Å². The van der Waals surface area contributed by atoms with E-state index in [-0.39, 0.29) is 23.7 Å².